The molecule has 1 aliphatic rings. The SMILES string of the molecule is CCCCCC(Cc1ccccc1)CC(NC(=O)OC(C)(C)C)C1(NC(C)=O)CC(C(=O)OC)C1. The van der Waals surface area contributed by atoms with Gasteiger partial charge in [-0.15, -0.1) is 0 Å². The molecule has 0 radical (unpaired) electrons. The Bertz CT molecular complexity index is 827. The molecule has 2 amide bonds. The molecular weight excluding hydrogens is 444 g/mol. The molecule has 0 spiro atoms. The summed E-state index contributed by atoms with van der Waals surface area (Å²) in [5.74, 6) is -0.477. The molecule has 2 N–H and O–H groups in total. The molecule has 35 heavy (non-hydrogen) atoms. The van der Waals surface area contributed by atoms with E-state index in [0.717, 1.165) is 32.1 Å². The van der Waals surface area contributed by atoms with Gasteiger partial charge in [-0.2, -0.15) is 0 Å². The van der Waals surface area contributed by atoms with Gasteiger partial charge in [0.2, 0.25) is 5.91 Å². The third-order valence-corrected chi connectivity index (χ3v) is 6.69. The lowest BCUT2D eigenvalue weighted by molar-refractivity contribution is -0.153. The standard InChI is InChI=1S/C28H44N2O5/c1-7-8-10-15-22(16-21-13-11-9-12-14-21)17-24(29-26(33)35-27(3,4)5)28(30-20(2)31)18-23(19-28)25(32)34-6/h9,11-14,22-24H,7-8,10,15-19H2,1-6H3,(H,29,33)(H,30,31). The minimum Gasteiger partial charge on any atom is -0.469 e. The van der Waals surface area contributed by atoms with E-state index in [-0.39, 0.29) is 23.8 Å². The van der Waals surface area contributed by atoms with E-state index in [1.54, 1.807) is 0 Å². The van der Waals surface area contributed by atoms with Crippen LogP contribution in [-0.2, 0) is 25.5 Å². The first-order chi connectivity index (χ1) is 16.5. The highest BCUT2D eigenvalue weighted by Gasteiger charge is 2.54. The van der Waals surface area contributed by atoms with E-state index in [1.165, 1.54) is 19.6 Å². The first kappa shape index (κ1) is 28.7. The fraction of sp³-hybridized carbons (Fsp3) is 0.679. The van der Waals surface area contributed by atoms with Gasteiger partial charge >= 0.3 is 12.1 Å². The molecule has 0 saturated heterocycles. The Hall–Kier alpha value is -2.57. The molecule has 1 aromatic carbocycles. The molecule has 0 aromatic heterocycles. The third kappa shape index (κ3) is 9.19. The van der Waals surface area contributed by atoms with Gasteiger partial charge in [-0.25, -0.2) is 4.79 Å². The Morgan fingerprint density at radius 1 is 1.11 bits per heavy atom. The highest BCUT2D eigenvalue weighted by Crippen LogP contribution is 2.43. The van der Waals surface area contributed by atoms with Crippen LogP contribution >= 0.6 is 0 Å². The Balaban J connectivity index is 2.32. The molecule has 7 heteroatoms. The summed E-state index contributed by atoms with van der Waals surface area (Å²) in [5, 5.41) is 6.17. The van der Waals surface area contributed by atoms with Crippen molar-refractivity contribution < 1.29 is 23.9 Å². The van der Waals surface area contributed by atoms with Crippen LogP contribution in [0.2, 0.25) is 0 Å². The van der Waals surface area contributed by atoms with Crippen LogP contribution < -0.4 is 10.6 Å². The summed E-state index contributed by atoms with van der Waals surface area (Å²) in [6.45, 7) is 9.13. The van der Waals surface area contributed by atoms with Crippen LogP contribution in [0.15, 0.2) is 30.3 Å². The van der Waals surface area contributed by atoms with Crippen molar-refractivity contribution >= 4 is 18.0 Å². The zero-order valence-electron chi connectivity index (χ0n) is 22.3. The number of methoxy groups -OCH3 is 1. The fourth-order valence-corrected chi connectivity index (χ4v) is 5.12. The van der Waals surface area contributed by atoms with Gasteiger partial charge in [0.15, 0.2) is 0 Å². The monoisotopic (exact) mass is 488 g/mol. The van der Waals surface area contributed by atoms with Gasteiger partial charge in [0, 0.05) is 6.92 Å². The minimum absolute atomic E-state index is 0.185. The van der Waals surface area contributed by atoms with Gasteiger partial charge in [-0.1, -0.05) is 62.9 Å². The van der Waals surface area contributed by atoms with Crippen molar-refractivity contribution in [3.63, 3.8) is 0 Å². The second kappa shape index (κ2) is 12.9. The summed E-state index contributed by atoms with van der Waals surface area (Å²) in [6.07, 6.45) is 6.29. The number of nitrogens with one attached hydrogen (secondary N) is 2. The van der Waals surface area contributed by atoms with E-state index in [0.29, 0.717) is 25.2 Å². The summed E-state index contributed by atoms with van der Waals surface area (Å²) < 4.78 is 10.5. The molecule has 0 aliphatic heterocycles. The Kier molecular flexibility index (Phi) is 10.6. The smallest absolute Gasteiger partial charge is 0.407 e. The van der Waals surface area contributed by atoms with Crippen LogP contribution in [0.4, 0.5) is 4.79 Å². The molecule has 2 atom stereocenters. The van der Waals surface area contributed by atoms with Crippen molar-refractivity contribution in [3.05, 3.63) is 35.9 Å². The number of benzene rings is 1. The lowest BCUT2D eigenvalue weighted by Crippen LogP contribution is -2.69. The van der Waals surface area contributed by atoms with Crippen molar-refractivity contribution in [2.75, 3.05) is 7.11 Å². The summed E-state index contributed by atoms with van der Waals surface area (Å²) in [7, 11) is 1.38. The van der Waals surface area contributed by atoms with E-state index in [4.69, 9.17) is 9.47 Å². The highest BCUT2D eigenvalue weighted by atomic mass is 16.6. The van der Waals surface area contributed by atoms with Gasteiger partial charge in [-0.3, -0.25) is 9.59 Å². The Morgan fingerprint density at radius 2 is 1.77 bits per heavy atom. The number of alkyl carbamates (subject to hydrolysis) is 1. The lowest BCUT2D eigenvalue weighted by Gasteiger charge is -2.52. The van der Waals surface area contributed by atoms with Crippen molar-refractivity contribution in [2.45, 2.75) is 103 Å². The second-order valence-electron chi connectivity index (χ2n) is 11.0. The van der Waals surface area contributed by atoms with Gasteiger partial charge < -0.3 is 20.1 Å². The Labute approximate surface area is 210 Å². The zero-order chi connectivity index (χ0) is 26.1. The predicted octanol–water partition coefficient (Wildman–Crippen LogP) is 5.17. The number of rotatable bonds is 12. The van der Waals surface area contributed by atoms with Crippen LogP contribution in [0.25, 0.3) is 0 Å². The summed E-state index contributed by atoms with van der Waals surface area (Å²) in [4.78, 5) is 37.3. The number of esters is 1. The number of hydrogen-bond donors (Lipinski definition) is 2. The van der Waals surface area contributed by atoms with Crippen molar-refractivity contribution in [3.8, 4) is 0 Å². The van der Waals surface area contributed by atoms with Gasteiger partial charge in [0.25, 0.3) is 0 Å². The third-order valence-electron chi connectivity index (χ3n) is 6.69. The van der Waals surface area contributed by atoms with E-state index in [9.17, 15) is 14.4 Å². The van der Waals surface area contributed by atoms with E-state index < -0.39 is 17.2 Å². The summed E-state index contributed by atoms with van der Waals surface area (Å²) in [5.41, 5.74) is -0.116. The van der Waals surface area contributed by atoms with E-state index in [1.807, 2.05) is 39.0 Å². The van der Waals surface area contributed by atoms with Crippen molar-refractivity contribution in [2.24, 2.45) is 11.8 Å². The van der Waals surface area contributed by atoms with Crippen LogP contribution in [-0.4, -0.2) is 42.3 Å². The first-order valence-corrected chi connectivity index (χ1v) is 12.9. The van der Waals surface area contributed by atoms with Crippen LogP contribution in [0.5, 0.6) is 0 Å². The molecule has 2 unspecified atom stereocenters. The fourth-order valence-electron chi connectivity index (χ4n) is 5.12. The van der Waals surface area contributed by atoms with E-state index >= 15 is 0 Å². The molecule has 0 bridgehead atoms. The molecule has 2 rings (SSSR count). The number of amides is 2. The maximum absolute atomic E-state index is 12.9. The van der Waals surface area contributed by atoms with Gasteiger partial charge in [0.05, 0.1) is 24.6 Å². The number of carbonyl (C=O) groups is 3. The predicted molar refractivity (Wildman–Crippen MR) is 137 cm³/mol. The maximum Gasteiger partial charge on any atom is 0.407 e. The molecule has 7 nitrogen and oxygen atoms in total. The topological polar surface area (TPSA) is 93.7 Å². The van der Waals surface area contributed by atoms with Crippen molar-refractivity contribution in [1.82, 2.24) is 10.6 Å². The molecule has 196 valence electrons. The first-order valence-electron chi connectivity index (χ1n) is 12.9. The largest absolute Gasteiger partial charge is 0.469 e. The highest BCUT2D eigenvalue weighted by molar-refractivity contribution is 5.78. The number of hydrogen-bond acceptors (Lipinski definition) is 5. The van der Waals surface area contributed by atoms with Crippen LogP contribution in [0.1, 0.15) is 85.1 Å². The number of ether oxygens (including phenoxy) is 2. The maximum atomic E-state index is 12.9. The van der Waals surface area contributed by atoms with Gasteiger partial charge in [-0.05, 0) is 57.9 Å². The van der Waals surface area contributed by atoms with E-state index in [2.05, 4.69) is 29.7 Å². The minimum atomic E-state index is -0.721. The zero-order valence-corrected chi connectivity index (χ0v) is 22.3. The number of carbonyl (C=O) groups excluding carboxylic acids is 3. The van der Waals surface area contributed by atoms with Crippen molar-refractivity contribution in [1.29, 1.82) is 0 Å². The Morgan fingerprint density at radius 3 is 2.31 bits per heavy atom. The second-order valence-corrected chi connectivity index (χ2v) is 11.0. The summed E-state index contributed by atoms with van der Waals surface area (Å²) in [6, 6.07) is 9.97. The normalized spacial score (nSPS) is 21.3. The quantitative estimate of drug-likeness (QED) is 0.313. The van der Waals surface area contributed by atoms with Crippen LogP contribution in [0, 0.1) is 11.8 Å². The number of unbranched alkanes of at least 4 members (excludes halogenated alkanes) is 2. The summed E-state index contributed by atoms with van der Waals surface area (Å²) >= 11 is 0. The average molecular weight is 489 g/mol. The molecule has 1 aromatic rings. The molecule has 1 fully saturated rings. The van der Waals surface area contributed by atoms with Crippen LogP contribution in [0.3, 0.4) is 0 Å². The lowest BCUT2D eigenvalue weighted by atomic mass is 9.62. The molecule has 0 heterocycles. The molecular formula is C28H44N2O5. The molecule has 1 aliphatic carbocycles. The average Bonchev–Trinajstić information content (AvgIpc) is 2.74. The molecule has 1 saturated carbocycles. The van der Waals surface area contributed by atoms with Gasteiger partial charge in [0.1, 0.15) is 5.60 Å².